The Balaban J connectivity index is 0.00000243. The first-order valence-electron chi connectivity index (χ1n) is 9.04. The van der Waals surface area contributed by atoms with Crippen molar-refractivity contribution in [2.45, 2.75) is 25.3 Å². The van der Waals surface area contributed by atoms with Gasteiger partial charge in [0.1, 0.15) is 12.4 Å². The zero-order valence-electron chi connectivity index (χ0n) is 14.9. The molecule has 0 bridgehead atoms. The summed E-state index contributed by atoms with van der Waals surface area (Å²) >= 11 is 0. The van der Waals surface area contributed by atoms with Gasteiger partial charge in [-0.3, -0.25) is 4.79 Å². The highest BCUT2D eigenvalue weighted by atomic mass is 35.5. The highest BCUT2D eigenvalue weighted by Crippen LogP contribution is 2.18. The van der Waals surface area contributed by atoms with Crippen molar-refractivity contribution in [3.05, 3.63) is 66.2 Å². The minimum atomic E-state index is -0.143. The molecule has 0 aromatic heterocycles. The van der Waals surface area contributed by atoms with E-state index in [4.69, 9.17) is 4.74 Å². The van der Waals surface area contributed by atoms with Crippen LogP contribution in [0.15, 0.2) is 60.7 Å². The minimum absolute atomic E-state index is 0. The number of nitrogens with one attached hydrogen (secondary N) is 2. The molecule has 1 aliphatic heterocycles. The monoisotopic (exact) mass is 374 g/mol. The fraction of sp³-hybridized carbons (Fsp3) is 0.381. The first-order valence-corrected chi connectivity index (χ1v) is 9.04. The molecule has 0 aliphatic carbocycles. The van der Waals surface area contributed by atoms with Gasteiger partial charge in [-0.05, 0) is 49.5 Å². The van der Waals surface area contributed by atoms with Gasteiger partial charge in [0, 0.05) is 6.42 Å². The number of hydrogen-bond acceptors (Lipinski definition) is 3. The van der Waals surface area contributed by atoms with Crippen molar-refractivity contribution in [3.63, 3.8) is 0 Å². The third-order valence-electron chi connectivity index (χ3n) is 4.64. The largest absolute Gasteiger partial charge is 0.491 e. The van der Waals surface area contributed by atoms with Gasteiger partial charge >= 0.3 is 0 Å². The van der Waals surface area contributed by atoms with Crippen LogP contribution in [0.25, 0.3) is 0 Å². The highest BCUT2D eigenvalue weighted by molar-refractivity contribution is 5.85. The second kappa shape index (κ2) is 10.8. The van der Waals surface area contributed by atoms with E-state index in [2.05, 4.69) is 10.6 Å². The quantitative estimate of drug-likeness (QED) is 0.740. The van der Waals surface area contributed by atoms with E-state index in [1.807, 2.05) is 60.7 Å². The van der Waals surface area contributed by atoms with Gasteiger partial charge in [-0.15, -0.1) is 12.4 Å². The number of benzene rings is 2. The Labute approximate surface area is 161 Å². The van der Waals surface area contributed by atoms with Crippen LogP contribution < -0.4 is 15.4 Å². The molecule has 2 aromatic rings. The van der Waals surface area contributed by atoms with Crippen molar-refractivity contribution in [3.8, 4) is 5.75 Å². The summed E-state index contributed by atoms with van der Waals surface area (Å²) in [7, 11) is 0. The Bertz CT molecular complexity index is 646. The summed E-state index contributed by atoms with van der Waals surface area (Å²) < 4.78 is 5.88. The fourth-order valence-electron chi connectivity index (χ4n) is 3.17. The second-order valence-corrected chi connectivity index (χ2v) is 6.55. The van der Waals surface area contributed by atoms with Crippen LogP contribution in [-0.2, 0) is 4.79 Å². The molecule has 1 heterocycles. The summed E-state index contributed by atoms with van der Waals surface area (Å²) in [5, 5.41) is 6.49. The molecule has 5 heteroatoms. The van der Waals surface area contributed by atoms with Crippen LogP contribution in [0.5, 0.6) is 5.75 Å². The second-order valence-electron chi connectivity index (χ2n) is 6.55. The average Bonchev–Trinajstić information content (AvgIpc) is 3.18. The fourth-order valence-corrected chi connectivity index (χ4v) is 3.17. The molecule has 1 saturated heterocycles. The molecule has 4 nitrogen and oxygen atoms in total. The Morgan fingerprint density at radius 1 is 1.12 bits per heavy atom. The third-order valence-corrected chi connectivity index (χ3v) is 4.64. The predicted octanol–water partition coefficient (Wildman–Crippen LogP) is 3.73. The number of carbonyl (C=O) groups is 1. The highest BCUT2D eigenvalue weighted by Gasteiger charge is 2.19. The molecule has 1 fully saturated rings. The first-order chi connectivity index (χ1) is 12.3. The minimum Gasteiger partial charge on any atom is -0.491 e. The van der Waals surface area contributed by atoms with Crippen LogP contribution in [0, 0.1) is 5.92 Å². The zero-order valence-corrected chi connectivity index (χ0v) is 15.7. The molecule has 1 amide bonds. The number of halogens is 1. The number of carbonyl (C=O) groups excluding carboxylic acids is 1. The lowest BCUT2D eigenvalue weighted by atomic mass is 10.0. The standard InChI is InChI=1S/C21H26N2O2.ClH/c24-21(12-11-17-13-14-22-15-17)23-20(18-7-3-1-4-8-18)16-25-19-9-5-2-6-10-19;/h1-10,17,20,22H,11-16H2,(H,23,24);1H. The molecule has 140 valence electrons. The molecule has 3 rings (SSSR count). The Morgan fingerprint density at radius 2 is 1.81 bits per heavy atom. The van der Waals surface area contributed by atoms with Gasteiger partial charge in [-0.25, -0.2) is 0 Å². The third kappa shape index (κ3) is 6.36. The van der Waals surface area contributed by atoms with Crippen LogP contribution in [-0.4, -0.2) is 25.6 Å². The Hall–Kier alpha value is -2.04. The Kier molecular flexibility index (Phi) is 8.45. The average molecular weight is 375 g/mol. The molecule has 0 radical (unpaired) electrons. The van der Waals surface area contributed by atoms with Gasteiger partial charge in [0.05, 0.1) is 6.04 Å². The van der Waals surface area contributed by atoms with Crippen molar-refractivity contribution in [2.75, 3.05) is 19.7 Å². The van der Waals surface area contributed by atoms with E-state index in [1.54, 1.807) is 0 Å². The number of amides is 1. The van der Waals surface area contributed by atoms with E-state index in [9.17, 15) is 4.79 Å². The maximum atomic E-state index is 12.4. The maximum Gasteiger partial charge on any atom is 0.220 e. The van der Waals surface area contributed by atoms with E-state index in [0.29, 0.717) is 18.9 Å². The number of rotatable bonds is 8. The molecule has 2 atom stereocenters. The van der Waals surface area contributed by atoms with E-state index in [1.165, 1.54) is 6.42 Å². The van der Waals surface area contributed by atoms with E-state index in [0.717, 1.165) is 30.8 Å². The van der Waals surface area contributed by atoms with Crippen LogP contribution in [0.2, 0.25) is 0 Å². The van der Waals surface area contributed by atoms with Crippen LogP contribution >= 0.6 is 12.4 Å². The molecular weight excluding hydrogens is 348 g/mol. The van der Waals surface area contributed by atoms with Crippen molar-refractivity contribution >= 4 is 18.3 Å². The summed E-state index contributed by atoms with van der Waals surface area (Å²) in [5.41, 5.74) is 1.06. The maximum absolute atomic E-state index is 12.4. The van der Waals surface area contributed by atoms with Crippen LogP contribution in [0.3, 0.4) is 0 Å². The molecule has 2 aromatic carbocycles. The molecule has 0 spiro atoms. The smallest absolute Gasteiger partial charge is 0.220 e. The summed E-state index contributed by atoms with van der Waals surface area (Å²) in [5.74, 6) is 1.54. The van der Waals surface area contributed by atoms with E-state index in [-0.39, 0.29) is 24.4 Å². The number of ether oxygens (including phenoxy) is 1. The topological polar surface area (TPSA) is 50.4 Å². The lowest BCUT2D eigenvalue weighted by Gasteiger charge is -2.20. The molecule has 2 unspecified atom stereocenters. The van der Waals surface area contributed by atoms with Gasteiger partial charge in [0.2, 0.25) is 5.91 Å². The SMILES string of the molecule is Cl.O=C(CCC1CCNC1)NC(COc1ccccc1)c1ccccc1. The van der Waals surface area contributed by atoms with E-state index < -0.39 is 0 Å². The molecule has 26 heavy (non-hydrogen) atoms. The molecule has 1 aliphatic rings. The summed E-state index contributed by atoms with van der Waals surface area (Å²) in [6.45, 7) is 2.53. The number of para-hydroxylation sites is 1. The van der Waals surface area contributed by atoms with Gasteiger partial charge < -0.3 is 15.4 Å². The summed E-state index contributed by atoms with van der Waals surface area (Å²) in [4.78, 5) is 12.4. The van der Waals surface area contributed by atoms with Crippen molar-refractivity contribution in [1.82, 2.24) is 10.6 Å². The van der Waals surface area contributed by atoms with E-state index >= 15 is 0 Å². The van der Waals surface area contributed by atoms with Crippen molar-refractivity contribution in [2.24, 2.45) is 5.92 Å². The zero-order chi connectivity index (χ0) is 17.3. The van der Waals surface area contributed by atoms with Gasteiger partial charge in [0.25, 0.3) is 0 Å². The van der Waals surface area contributed by atoms with Crippen LogP contribution in [0.1, 0.15) is 30.9 Å². The Morgan fingerprint density at radius 3 is 2.46 bits per heavy atom. The normalized spacial score (nSPS) is 17.2. The first kappa shape index (κ1) is 20.3. The predicted molar refractivity (Wildman–Crippen MR) is 107 cm³/mol. The lowest BCUT2D eigenvalue weighted by molar-refractivity contribution is -0.122. The molecule has 2 N–H and O–H groups in total. The van der Waals surface area contributed by atoms with Crippen LogP contribution in [0.4, 0.5) is 0 Å². The van der Waals surface area contributed by atoms with Gasteiger partial charge in [0.15, 0.2) is 0 Å². The lowest BCUT2D eigenvalue weighted by Crippen LogP contribution is -2.32. The van der Waals surface area contributed by atoms with Crippen molar-refractivity contribution < 1.29 is 9.53 Å². The number of hydrogen-bond donors (Lipinski definition) is 2. The summed E-state index contributed by atoms with van der Waals surface area (Å²) in [6.07, 6.45) is 2.69. The van der Waals surface area contributed by atoms with Crippen molar-refractivity contribution in [1.29, 1.82) is 0 Å². The summed E-state index contributed by atoms with van der Waals surface area (Å²) in [6, 6.07) is 19.6. The van der Waals surface area contributed by atoms with Gasteiger partial charge in [-0.2, -0.15) is 0 Å². The molecule has 0 saturated carbocycles. The van der Waals surface area contributed by atoms with Gasteiger partial charge in [-0.1, -0.05) is 48.5 Å². The molecular formula is C21H27ClN2O2.